The second-order valence-corrected chi connectivity index (χ2v) is 18.0. The van der Waals surface area contributed by atoms with E-state index in [1.807, 2.05) is 0 Å². The van der Waals surface area contributed by atoms with Crippen molar-refractivity contribution in [2.24, 2.45) is 0 Å². The summed E-state index contributed by atoms with van der Waals surface area (Å²) >= 11 is -2.21. The molecule has 0 heterocycles. The average molecular weight is 373 g/mol. The van der Waals surface area contributed by atoms with Gasteiger partial charge in [-0.2, -0.15) is 0 Å². The summed E-state index contributed by atoms with van der Waals surface area (Å²) in [5.74, 6) is 3.42. The normalized spacial score (nSPS) is 12.9. The molecule has 0 saturated heterocycles. The molecule has 1 atom stereocenters. The zero-order valence-electron chi connectivity index (χ0n) is 13.8. The Labute approximate surface area is 125 Å². The summed E-state index contributed by atoms with van der Waals surface area (Å²) in [6, 6.07) is 0. The fraction of sp³-hybridized carbons (Fsp3) is 0.882. The maximum atomic E-state index is 5.32. The molecule has 0 aliphatic carbocycles. The number of rotatable bonds is 10. The summed E-state index contributed by atoms with van der Waals surface area (Å²) in [5, 5.41) is 0. The molecule has 0 aliphatic heterocycles. The van der Waals surface area contributed by atoms with Crippen molar-refractivity contribution in [1.29, 1.82) is 0 Å². The van der Waals surface area contributed by atoms with Crippen LogP contribution >= 0.6 is 0 Å². The van der Waals surface area contributed by atoms with Crippen molar-refractivity contribution in [3.63, 3.8) is 0 Å². The standard InChI is InChI=1S/C5H7O.3C4H9.Sn/c1-4-5(2)6-3;3*1-3-4-2;/h5H,2-3H3;3*1,3-4H2,2H3;/t5-;;;;/m0..../s1. The summed E-state index contributed by atoms with van der Waals surface area (Å²) < 4.78 is 13.5. The number of hydrogen-bond acceptors (Lipinski definition) is 1. The molecular formula is C17H34OSn. The Morgan fingerprint density at radius 2 is 1.32 bits per heavy atom. The molecule has 0 aromatic heterocycles. The molecule has 0 saturated carbocycles. The van der Waals surface area contributed by atoms with E-state index in [1.54, 1.807) is 7.11 Å². The first-order valence-corrected chi connectivity index (χ1v) is 15.7. The van der Waals surface area contributed by atoms with E-state index in [4.69, 9.17) is 4.74 Å². The van der Waals surface area contributed by atoms with Gasteiger partial charge in [0.25, 0.3) is 0 Å². The maximum absolute atomic E-state index is 5.32. The summed E-state index contributed by atoms with van der Waals surface area (Å²) in [7, 11) is 1.76. The molecule has 0 amide bonds. The quantitative estimate of drug-likeness (QED) is 0.367. The van der Waals surface area contributed by atoms with E-state index in [0.29, 0.717) is 0 Å². The third-order valence-corrected chi connectivity index (χ3v) is 17.1. The number of unbranched alkanes of at least 4 members (excludes halogenated alkanes) is 3. The van der Waals surface area contributed by atoms with Gasteiger partial charge in [0.2, 0.25) is 0 Å². The predicted molar refractivity (Wildman–Crippen MR) is 89.1 cm³/mol. The van der Waals surface area contributed by atoms with Crippen molar-refractivity contribution in [3.8, 4) is 9.86 Å². The monoisotopic (exact) mass is 374 g/mol. The Balaban J connectivity index is 4.89. The van der Waals surface area contributed by atoms with E-state index < -0.39 is 18.4 Å². The average Bonchev–Trinajstić information content (AvgIpc) is 2.45. The molecule has 0 unspecified atom stereocenters. The van der Waals surface area contributed by atoms with Crippen LogP contribution in [0, 0.1) is 9.86 Å². The van der Waals surface area contributed by atoms with Crippen molar-refractivity contribution in [2.75, 3.05) is 7.11 Å². The molecule has 19 heavy (non-hydrogen) atoms. The van der Waals surface area contributed by atoms with E-state index in [9.17, 15) is 0 Å². The van der Waals surface area contributed by atoms with Crippen LogP contribution in [-0.2, 0) is 4.74 Å². The number of ether oxygens (including phenoxy) is 1. The Morgan fingerprint density at radius 3 is 1.63 bits per heavy atom. The molecule has 112 valence electrons. The van der Waals surface area contributed by atoms with Crippen LogP contribution in [0.15, 0.2) is 0 Å². The molecule has 0 radical (unpaired) electrons. The molecule has 2 heteroatoms. The van der Waals surface area contributed by atoms with Crippen LogP contribution in [0.4, 0.5) is 0 Å². The Morgan fingerprint density at radius 1 is 0.895 bits per heavy atom. The second kappa shape index (κ2) is 12.1. The van der Waals surface area contributed by atoms with Gasteiger partial charge in [0.05, 0.1) is 0 Å². The van der Waals surface area contributed by atoms with E-state index in [-0.39, 0.29) is 6.10 Å². The van der Waals surface area contributed by atoms with E-state index in [2.05, 4.69) is 37.6 Å². The fourth-order valence-electron chi connectivity index (χ4n) is 2.42. The van der Waals surface area contributed by atoms with Gasteiger partial charge in [-0.15, -0.1) is 0 Å². The summed E-state index contributed by atoms with van der Waals surface area (Å²) in [6.45, 7) is 8.99. The van der Waals surface area contributed by atoms with Gasteiger partial charge in [-0.25, -0.2) is 0 Å². The first-order valence-electron chi connectivity index (χ1n) is 8.19. The van der Waals surface area contributed by atoms with Crippen molar-refractivity contribution >= 4 is 18.4 Å². The first kappa shape index (κ1) is 19.3. The molecule has 1 nitrogen and oxygen atoms in total. The zero-order valence-corrected chi connectivity index (χ0v) is 16.7. The Bertz CT molecular complexity index is 242. The minimum atomic E-state index is -2.21. The van der Waals surface area contributed by atoms with Gasteiger partial charge >= 0.3 is 126 Å². The van der Waals surface area contributed by atoms with Crippen LogP contribution < -0.4 is 0 Å². The Hall–Kier alpha value is 0.319. The van der Waals surface area contributed by atoms with E-state index in [0.717, 1.165) is 0 Å². The second-order valence-electron chi connectivity index (χ2n) is 5.74. The van der Waals surface area contributed by atoms with Gasteiger partial charge in [-0.3, -0.25) is 0 Å². The summed E-state index contributed by atoms with van der Waals surface area (Å²) in [5.41, 5.74) is 0. The van der Waals surface area contributed by atoms with Crippen molar-refractivity contribution in [1.82, 2.24) is 0 Å². The molecule has 0 N–H and O–H groups in total. The number of hydrogen-bond donors (Lipinski definition) is 0. The fourth-order valence-corrected chi connectivity index (χ4v) is 15.9. The molecule has 0 fully saturated rings. The predicted octanol–water partition coefficient (Wildman–Crippen LogP) is 5.41. The number of methoxy groups -OCH3 is 1. The molecule has 0 rings (SSSR count). The summed E-state index contributed by atoms with van der Waals surface area (Å²) in [4.78, 5) is 0. The molecule has 0 aromatic carbocycles. The molecule has 0 spiro atoms. The summed E-state index contributed by atoms with van der Waals surface area (Å²) in [6.07, 6.45) is 8.23. The van der Waals surface area contributed by atoms with Crippen molar-refractivity contribution in [2.45, 2.75) is 85.6 Å². The SMILES string of the molecule is CCC[CH2][Sn]([C]#C[C@H](C)OC)([CH2]CCC)[CH2]CCC. The van der Waals surface area contributed by atoms with E-state index in [1.165, 1.54) is 51.8 Å². The zero-order chi connectivity index (χ0) is 14.6. The van der Waals surface area contributed by atoms with Crippen LogP contribution in [-0.4, -0.2) is 31.6 Å². The third-order valence-electron chi connectivity index (χ3n) is 3.92. The van der Waals surface area contributed by atoms with Crippen molar-refractivity contribution in [3.05, 3.63) is 0 Å². The van der Waals surface area contributed by atoms with Crippen LogP contribution in [0.25, 0.3) is 0 Å². The van der Waals surface area contributed by atoms with Crippen molar-refractivity contribution < 1.29 is 4.74 Å². The van der Waals surface area contributed by atoms with Gasteiger partial charge in [0.15, 0.2) is 0 Å². The van der Waals surface area contributed by atoms with Crippen LogP contribution in [0.3, 0.4) is 0 Å². The third kappa shape index (κ3) is 8.97. The molecule has 0 aromatic rings. The van der Waals surface area contributed by atoms with Crippen LogP contribution in [0.2, 0.25) is 13.3 Å². The molecule has 0 bridgehead atoms. The first-order chi connectivity index (χ1) is 9.14. The van der Waals surface area contributed by atoms with Gasteiger partial charge in [-0.05, 0) is 0 Å². The van der Waals surface area contributed by atoms with Gasteiger partial charge in [0.1, 0.15) is 0 Å². The van der Waals surface area contributed by atoms with E-state index >= 15 is 0 Å². The van der Waals surface area contributed by atoms with Gasteiger partial charge in [0, 0.05) is 0 Å². The minimum absolute atomic E-state index is 0.112. The molecule has 0 aliphatic rings. The van der Waals surface area contributed by atoms with Crippen LogP contribution in [0.1, 0.15) is 66.2 Å². The molecular weight excluding hydrogens is 339 g/mol. The van der Waals surface area contributed by atoms with Gasteiger partial charge < -0.3 is 0 Å². The van der Waals surface area contributed by atoms with Gasteiger partial charge in [-0.1, -0.05) is 0 Å². The van der Waals surface area contributed by atoms with Crippen LogP contribution in [0.5, 0.6) is 0 Å². The Kier molecular flexibility index (Phi) is 12.3. The topological polar surface area (TPSA) is 9.23 Å².